The quantitative estimate of drug-likeness (QED) is 0.213. The molecule has 2 N–H and O–H groups in total. The van der Waals surface area contributed by atoms with Crippen molar-refractivity contribution < 1.29 is 19.1 Å². The topological polar surface area (TPSA) is 84.2 Å². The summed E-state index contributed by atoms with van der Waals surface area (Å²) in [5.74, 6) is -0.677. The summed E-state index contributed by atoms with van der Waals surface area (Å²) < 4.78 is 10.7. The van der Waals surface area contributed by atoms with Gasteiger partial charge in [0.25, 0.3) is 0 Å². The summed E-state index contributed by atoms with van der Waals surface area (Å²) >= 11 is 13.9. The molecule has 9 heteroatoms. The van der Waals surface area contributed by atoms with Crippen LogP contribution in [0.15, 0.2) is 42.5 Å². The molecule has 4 rings (SSSR count). The molecule has 31 heavy (non-hydrogen) atoms. The van der Waals surface area contributed by atoms with Crippen molar-refractivity contribution in [3.05, 3.63) is 67.5 Å². The third kappa shape index (κ3) is 5.53. The minimum absolute atomic E-state index is 0.334. The first-order valence-corrected chi connectivity index (χ1v) is 11.3. The van der Waals surface area contributed by atoms with Gasteiger partial charge in [-0.1, -0.05) is 23.2 Å². The van der Waals surface area contributed by atoms with Gasteiger partial charge in [-0.25, -0.2) is 9.59 Å². The third-order valence-electron chi connectivity index (χ3n) is 4.25. The van der Waals surface area contributed by atoms with E-state index in [1.807, 2.05) is 18.2 Å². The van der Waals surface area contributed by atoms with Crippen molar-refractivity contribution in [3.8, 4) is 0 Å². The zero-order chi connectivity index (χ0) is 22.5. The van der Waals surface area contributed by atoms with Gasteiger partial charge >= 0.3 is 11.9 Å². The molecule has 0 fully saturated rings. The van der Waals surface area contributed by atoms with Crippen molar-refractivity contribution in [2.45, 2.75) is 13.8 Å². The van der Waals surface area contributed by atoms with E-state index >= 15 is 0 Å². The molecule has 0 amide bonds. The third-order valence-corrected chi connectivity index (χ3v) is 5.85. The van der Waals surface area contributed by atoms with Crippen molar-refractivity contribution in [1.29, 1.82) is 0 Å². The smallest absolute Gasteiger partial charge is 0.355 e. The second kappa shape index (κ2) is 10.4. The lowest BCUT2D eigenvalue weighted by Crippen LogP contribution is -2.06. The average molecular weight is 573 g/mol. The molecule has 0 aliphatic carbocycles. The molecule has 6 nitrogen and oxygen atoms in total. The Labute approximate surface area is 202 Å². The Bertz CT molecular complexity index is 1250. The number of benzene rings is 2. The molecule has 0 radical (unpaired) electrons. The van der Waals surface area contributed by atoms with Crippen molar-refractivity contribution in [3.63, 3.8) is 0 Å². The molecule has 0 aliphatic heterocycles. The lowest BCUT2D eigenvalue weighted by Gasteiger charge is -1.98. The number of ether oxygens (including phenoxy) is 2. The van der Waals surface area contributed by atoms with Gasteiger partial charge in [-0.3, -0.25) is 0 Å². The van der Waals surface area contributed by atoms with Crippen molar-refractivity contribution in [1.82, 2.24) is 9.97 Å². The van der Waals surface area contributed by atoms with Crippen LogP contribution in [0.3, 0.4) is 0 Å². The number of H-pyrrole nitrogens is 2. The maximum Gasteiger partial charge on any atom is 0.355 e. The summed E-state index contributed by atoms with van der Waals surface area (Å²) in [6.45, 7) is 4.29. The highest BCUT2D eigenvalue weighted by atomic mass is 127. The molecular weight excluding hydrogens is 554 g/mol. The number of carbonyl (C=O) groups excluding carboxylic acids is 2. The van der Waals surface area contributed by atoms with Crippen LogP contribution in [0.4, 0.5) is 0 Å². The number of carbonyl (C=O) groups is 2. The fraction of sp³-hybridized carbons (Fsp3) is 0.182. The molecule has 0 bridgehead atoms. The van der Waals surface area contributed by atoms with E-state index in [9.17, 15) is 9.59 Å². The lowest BCUT2D eigenvalue weighted by atomic mass is 10.2. The molecular formula is C22H19Cl2IN2O4. The summed E-state index contributed by atoms with van der Waals surface area (Å²) in [4.78, 5) is 29.1. The van der Waals surface area contributed by atoms with Gasteiger partial charge in [0.15, 0.2) is 0 Å². The highest BCUT2D eigenvalue weighted by Crippen LogP contribution is 2.27. The molecule has 2 aromatic heterocycles. The Hall–Kier alpha value is -2.23. The van der Waals surface area contributed by atoms with Crippen molar-refractivity contribution in [2.24, 2.45) is 0 Å². The lowest BCUT2D eigenvalue weighted by molar-refractivity contribution is 0.0510. The van der Waals surface area contributed by atoms with Crippen molar-refractivity contribution >= 4 is 79.5 Å². The highest BCUT2D eigenvalue weighted by Gasteiger charge is 2.16. The van der Waals surface area contributed by atoms with E-state index in [4.69, 9.17) is 32.7 Å². The first-order chi connectivity index (χ1) is 14.8. The van der Waals surface area contributed by atoms with Crippen LogP contribution in [0.25, 0.3) is 21.8 Å². The zero-order valence-electron chi connectivity index (χ0n) is 16.7. The average Bonchev–Trinajstić information content (AvgIpc) is 3.30. The highest BCUT2D eigenvalue weighted by molar-refractivity contribution is 14.1. The van der Waals surface area contributed by atoms with Gasteiger partial charge in [-0.2, -0.15) is 0 Å². The van der Waals surface area contributed by atoms with Gasteiger partial charge in [-0.15, -0.1) is 0 Å². The Balaban J connectivity index is 0.000000176. The van der Waals surface area contributed by atoms with E-state index in [1.165, 1.54) is 0 Å². The number of aromatic amines is 2. The second-order valence-corrected chi connectivity index (χ2v) is 8.31. The van der Waals surface area contributed by atoms with Gasteiger partial charge < -0.3 is 19.4 Å². The number of esters is 2. The van der Waals surface area contributed by atoms with E-state index in [1.54, 1.807) is 38.1 Å². The number of nitrogens with one attached hydrogen (secondary N) is 2. The number of fused-ring (bicyclic) bond motifs is 2. The molecule has 0 saturated heterocycles. The Morgan fingerprint density at radius 3 is 2.16 bits per heavy atom. The predicted molar refractivity (Wildman–Crippen MR) is 131 cm³/mol. The molecule has 0 spiro atoms. The first-order valence-electron chi connectivity index (χ1n) is 9.43. The fourth-order valence-corrected chi connectivity index (χ4v) is 4.05. The van der Waals surface area contributed by atoms with Crippen LogP contribution in [0.5, 0.6) is 0 Å². The summed E-state index contributed by atoms with van der Waals surface area (Å²) in [5, 5.41) is 3.15. The van der Waals surface area contributed by atoms with Crippen LogP contribution in [0.2, 0.25) is 10.0 Å². The van der Waals surface area contributed by atoms with Crippen LogP contribution < -0.4 is 0 Å². The van der Waals surface area contributed by atoms with E-state index in [2.05, 4.69) is 32.6 Å². The first kappa shape index (κ1) is 23.4. The summed E-state index contributed by atoms with van der Waals surface area (Å²) in [6, 6.07) is 12.6. The zero-order valence-corrected chi connectivity index (χ0v) is 20.4. The van der Waals surface area contributed by atoms with Crippen molar-refractivity contribution in [2.75, 3.05) is 13.2 Å². The minimum Gasteiger partial charge on any atom is -0.461 e. The van der Waals surface area contributed by atoms with E-state index in [0.717, 1.165) is 25.4 Å². The van der Waals surface area contributed by atoms with Crippen LogP contribution in [-0.2, 0) is 9.47 Å². The van der Waals surface area contributed by atoms with Crippen LogP contribution in [0.1, 0.15) is 34.8 Å². The number of halogens is 3. The van der Waals surface area contributed by atoms with Gasteiger partial charge in [0.05, 0.1) is 16.8 Å². The van der Waals surface area contributed by atoms with Crippen LogP contribution >= 0.6 is 45.8 Å². The Morgan fingerprint density at radius 1 is 0.871 bits per heavy atom. The fourth-order valence-electron chi connectivity index (χ4n) is 2.90. The molecule has 4 aromatic rings. The van der Waals surface area contributed by atoms with Gasteiger partial charge in [0, 0.05) is 31.9 Å². The Morgan fingerprint density at radius 2 is 1.48 bits per heavy atom. The maximum absolute atomic E-state index is 11.6. The van der Waals surface area contributed by atoms with E-state index in [-0.39, 0.29) is 11.9 Å². The minimum atomic E-state index is -0.343. The molecule has 0 aliphatic rings. The number of hydrogen-bond donors (Lipinski definition) is 2. The second-order valence-electron chi connectivity index (χ2n) is 6.36. The Kier molecular flexibility index (Phi) is 7.85. The number of rotatable bonds is 4. The monoisotopic (exact) mass is 572 g/mol. The summed E-state index contributed by atoms with van der Waals surface area (Å²) in [6.07, 6.45) is 0. The number of hydrogen-bond acceptors (Lipinski definition) is 4. The largest absolute Gasteiger partial charge is 0.461 e. The molecule has 162 valence electrons. The van der Waals surface area contributed by atoms with Gasteiger partial charge in [0.1, 0.15) is 11.4 Å². The molecule has 0 atom stereocenters. The van der Waals surface area contributed by atoms with Gasteiger partial charge in [0.2, 0.25) is 0 Å². The van der Waals surface area contributed by atoms with E-state index in [0.29, 0.717) is 34.6 Å². The normalized spacial score (nSPS) is 10.6. The standard InChI is InChI=1S/C11H9ClINO2.C11H10ClNO2/c1-2-16-11(15)10-9(13)7-5-6(12)3-4-8(7)14-10;1-2-15-11(14)10-6-7-5-8(12)3-4-9(7)13-10/h3-5,14H,2H2,1H3;3-6,13H,2H2,1H3. The van der Waals surface area contributed by atoms with Crippen LogP contribution in [0, 0.1) is 3.57 Å². The maximum atomic E-state index is 11.6. The molecule has 0 unspecified atom stereocenters. The molecule has 2 heterocycles. The summed E-state index contributed by atoms with van der Waals surface area (Å²) in [5.41, 5.74) is 2.70. The SMILES string of the molecule is CCOC(=O)c1[nH]c2ccc(Cl)cc2c1I.CCOC(=O)c1cc2cc(Cl)ccc2[nH]1. The van der Waals surface area contributed by atoms with Gasteiger partial charge in [-0.05, 0) is 78.9 Å². The van der Waals surface area contributed by atoms with E-state index < -0.39 is 0 Å². The summed E-state index contributed by atoms with van der Waals surface area (Å²) in [7, 11) is 0. The number of aromatic nitrogens is 2. The molecule has 2 aromatic carbocycles. The van der Waals surface area contributed by atoms with Crippen LogP contribution in [-0.4, -0.2) is 35.1 Å². The predicted octanol–water partition coefficient (Wildman–Crippen LogP) is 6.60. The molecule has 0 saturated carbocycles.